The maximum Gasteiger partial charge on any atom is 0.255 e. The number of amides is 1. The number of hydrogen-bond acceptors (Lipinski definition) is 3. The van der Waals surface area contributed by atoms with Crippen LogP contribution in [0.1, 0.15) is 10.4 Å². The molecule has 0 heterocycles. The second-order valence-electron chi connectivity index (χ2n) is 3.75. The minimum Gasteiger partial charge on any atom is -0.395 e. The molecule has 0 bridgehead atoms. The number of aliphatic hydroxyl groups is 1. The molecule has 0 fully saturated rings. The summed E-state index contributed by atoms with van der Waals surface area (Å²) < 4.78 is 18.3. The van der Waals surface area contributed by atoms with Crippen molar-refractivity contribution in [3.8, 4) is 0 Å². The van der Waals surface area contributed by atoms with Gasteiger partial charge in [-0.15, -0.1) is 0 Å². The Balaban J connectivity index is 2.98. The molecule has 0 atom stereocenters. The van der Waals surface area contributed by atoms with E-state index in [4.69, 9.17) is 33.0 Å². The topological polar surface area (TPSA) is 49.8 Å². The Morgan fingerprint density at radius 3 is 2.63 bits per heavy atom. The lowest BCUT2D eigenvalue weighted by Crippen LogP contribution is -2.36. The molecule has 1 aromatic rings. The van der Waals surface area contributed by atoms with E-state index in [2.05, 4.69) is 0 Å². The summed E-state index contributed by atoms with van der Waals surface area (Å²) in [7, 11) is 1.50. The first-order valence-corrected chi connectivity index (χ1v) is 6.30. The van der Waals surface area contributed by atoms with Gasteiger partial charge in [-0.05, 0) is 12.1 Å². The summed E-state index contributed by atoms with van der Waals surface area (Å²) in [4.78, 5) is 13.5. The Labute approximate surface area is 120 Å². The van der Waals surface area contributed by atoms with E-state index in [0.29, 0.717) is 6.61 Å². The highest BCUT2D eigenvalue weighted by Crippen LogP contribution is 2.25. The normalized spacial score (nSPS) is 10.6. The summed E-state index contributed by atoms with van der Waals surface area (Å²) in [6.45, 7) is 0.488. The van der Waals surface area contributed by atoms with Crippen LogP contribution in [0.4, 0.5) is 4.39 Å². The van der Waals surface area contributed by atoms with Gasteiger partial charge in [-0.25, -0.2) is 4.39 Å². The van der Waals surface area contributed by atoms with Crippen molar-refractivity contribution in [2.24, 2.45) is 0 Å². The number of carbonyl (C=O) groups excluding carboxylic acids is 1. The van der Waals surface area contributed by atoms with Crippen molar-refractivity contribution < 1.29 is 19.0 Å². The van der Waals surface area contributed by atoms with Gasteiger partial charge in [-0.1, -0.05) is 23.2 Å². The van der Waals surface area contributed by atoms with Crippen LogP contribution in [0.3, 0.4) is 0 Å². The Morgan fingerprint density at radius 1 is 1.37 bits per heavy atom. The lowest BCUT2D eigenvalue weighted by molar-refractivity contribution is 0.0656. The highest BCUT2D eigenvalue weighted by atomic mass is 35.5. The number of carbonyl (C=O) groups is 1. The molecule has 4 nitrogen and oxygen atoms in total. The number of aliphatic hydroxyl groups excluding tert-OH is 1. The monoisotopic (exact) mass is 309 g/mol. The van der Waals surface area contributed by atoms with E-state index in [1.165, 1.54) is 18.1 Å². The lowest BCUT2D eigenvalue weighted by atomic mass is 10.2. The standard InChI is InChI=1S/C12H14Cl2FNO3/c1-19-5-3-16(2-4-17)12(18)8-6-11(15)10(14)7-9(8)13/h6-7,17H,2-5H2,1H3. The van der Waals surface area contributed by atoms with E-state index < -0.39 is 11.7 Å². The maximum absolute atomic E-state index is 13.4. The largest absolute Gasteiger partial charge is 0.395 e. The molecule has 106 valence electrons. The molecule has 0 saturated carbocycles. The number of methoxy groups -OCH3 is 1. The Hall–Kier alpha value is -0.880. The van der Waals surface area contributed by atoms with Crippen LogP contribution >= 0.6 is 23.2 Å². The molecule has 1 N–H and O–H groups in total. The highest BCUT2D eigenvalue weighted by Gasteiger charge is 2.19. The zero-order valence-corrected chi connectivity index (χ0v) is 11.8. The summed E-state index contributed by atoms with van der Waals surface area (Å²) in [6, 6.07) is 2.17. The smallest absolute Gasteiger partial charge is 0.255 e. The van der Waals surface area contributed by atoms with Crippen molar-refractivity contribution in [1.29, 1.82) is 0 Å². The third-order valence-corrected chi connectivity index (χ3v) is 3.07. The number of rotatable bonds is 6. The Morgan fingerprint density at radius 2 is 2.05 bits per heavy atom. The first-order chi connectivity index (χ1) is 9.01. The van der Waals surface area contributed by atoms with Gasteiger partial charge in [0.2, 0.25) is 0 Å². The molecule has 1 rings (SSSR count). The number of ether oxygens (including phenoxy) is 1. The molecule has 1 amide bonds. The van der Waals surface area contributed by atoms with Gasteiger partial charge >= 0.3 is 0 Å². The second kappa shape index (κ2) is 7.65. The fraction of sp³-hybridized carbons (Fsp3) is 0.417. The van der Waals surface area contributed by atoms with Crippen LogP contribution in [0.25, 0.3) is 0 Å². The quantitative estimate of drug-likeness (QED) is 0.820. The fourth-order valence-corrected chi connectivity index (χ4v) is 1.96. The van der Waals surface area contributed by atoms with E-state index in [0.717, 1.165) is 6.07 Å². The van der Waals surface area contributed by atoms with Crippen LogP contribution in [0.15, 0.2) is 12.1 Å². The van der Waals surface area contributed by atoms with Crippen LogP contribution in [0.5, 0.6) is 0 Å². The molecule has 0 aliphatic rings. The van der Waals surface area contributed by atoms with Gasteiger partial charge in [-0.2, -0.15) is 0 Å². The van der Waals surface area contributed by atoms with Crippen LogP contribution in [-0.2, 0) is 4.74 Å². The van der Waals surface area contributed by atoms with Gasteiger partial charge in [-0.3, -0.25) is 4.79 Å². The lowest BCUT2D eigenvalue weighted by Gasteiger charge is -2.22. The molecule has 0 radical (unpaired) electrons. The number of nitrogens with zero attached hydrogens (tertiary/aromatic N) is 1. The van der Waals surface area contributed by atoms with Crippen LogP contribution < -0.4 is 0 Å². The molecule has 0 aliphatic heterocycles. The molecule has 0 aliphatic carbocycles. The second-order valence-corrected chi connectivity index (χ2v) is 4.57. The number of hydrogen-bond donors (Lipinski definition) is 1. The zero-order valence-electron chi connectivity index (χ0n) is 10.3. The average Bonchev–Trinajstić information content (AvgIpc) is 2.38. The van der Waals surface area contributed by atoms with E-state index >= 15 is 0 Å². The van der Waals surface area contributed by atoms with Crippen molar-refractivity contribution in [3.05, 3.63) is 33.6 Å². The van der Waals surface area contributed by atoms with Crippen molar-refractivity contribution in [1.82, 2.24) is 4.90 Å². The van der Waals surface area contributed by atoms with Gasteiger partial charge in [0, 0.05) is 20.2 Å². The predicted molar refractivity (Wildman–Crippen MR) is 71.3 cm³/mol. The molecule has 19 heavy (non-hydrogen) atoms. The number of benzene rings is 1. The minimum absolute atomic E-state index is 0.00752. The summed E-state index contributed by atoms with van der Waals surface area (Å²) in [5.41, 5.74) is 0.00752. The Bertz CT molecular complexity index is 457. The predicted octanol–water partition coefficient (Wildman–Crippen LogP) is 2.21. The van der Waals surface area contributed by atoms with Crippen molar-refractivity contribution in [3.63, 3.8) is 0 Å². The zero-order chi connectivity index (χ0) is 14.4. The third-order valence-electron chi connectivity index (χ3n) is 2.46. The van der Waals surface area contributed by atoms with Crippen LogP contribution in [-0.4, -0.2) is 49.3 Å². The van der Waals surface area contributed by atoms with Gasteiger partial charge in [0.05, 0.1) is 28.8 Å². The van der Waals surface area contributed by atoms with Crippen molar-refractivity contribution in [2.75, 3.05) is 33.4 Å². The molecule has 0 unspecified atom stereocenters. The van der Waals surface area contributed by atoms with Crippen molar-refractivity contribution >= 4 is 29.1 Å². The van der Waals surface area contributed by atoms with E-state index in [1.54, 1.807) is 0 Å². The molecule has 1 aromatic carbocycles. The van der Waals surface area contributed by atoms with Gasteiger partial charge in [0.25, 0.3) is 5.91 Å². The Kier molecular flexibility index (Phi) is 6.51. The minimum atomic E-state index is -0.717. The van der Waals surface area contributed by atoms with Crippen LogP contribution in [0, 0.1) is 5.82 Å². The van der Waals surface area contributed by atoms with Gasteiger partial charge < -0.3 is 14.7 Å². The summed E-state index contributed by atoms with van der Waals surface area (Å²) in [5.74, 6) is -1.20. The highest BCUT2D eigenvalue weighted by molar-refractivity contribution is 6.36. The van der Waals surface area contributed by atoms with E-state index in [1.807, 2.05) is 0 Å². The summed E-state index contributed by atoms with van der Waals surface area (Å²) >= 11 is 11.5. The van der Waals surface area contributed by atoms with Crippen molar-refractivity contribution in [2.45, 2.75) is 0 Å². The molecule has 7 heteroatoms. The summed E-state index contributed by atoms with van der Waals surface area (Å²) in [5, 5.41) is 8.86. The average molecular weight is 310 g/mol. The molecular weight excluding hydrogens is 296 g/mol. The molecule has 0 saturated heterocycles. The van der Waals surface area contributed by atoms with Gasteiger partial charge in [0.1, 0.15) is 5.82 Å². The fourth-order valence-electron chi connectivity index (χ4n) is 1.49. The summed E-state index contributed by atoms with van der Waals surface area (Å²) in [6.07, 6.45) is 0. The van der Waals surface area contributed by atoms with Crippen LogP contribution in [0.2, 0.25) is 10.0 Å². The molecule has 0 spiro atoms. The number of halogens is 3. The van der Waals surface area contributed by atoms with Gasteiger partial charge in [0.15, 0.2) is 0 Å². The van der Waals surface area contributed by atoms with E-state index in [9.17, 15) is 9.18 Å². The first-order valence-electron chi connectivity index (χ1n) is 5.54. The molecule has 0 aromatic heterocycles. The maximum atomic E-state index is 13.4. The van der Waals surface area contributed by atoms with E-state index in [-0.39, 0.29) is 35.3 Å². The third kappa shape index (κ3) is 4.31. The first kappa shape index (κ1) is 16.2. The molecular formula is C12H14Cl2FNO3. The SMILES string of the molecule is COCCN(CCO)C(=O)c1cc(F)c(Cl)cc1Cl.